The summed E-state index contributed by atoms with van der Waals surface area (Å²) in [6.07, 6.45) is 1.77. The number of para-hydroxylation sites is 2. The molecule has 0 N–H and O–H groups in total. The van der Waals surface area contributed by atoms with Gasteiger partial charge in [0.05, 0.1) is 27.6 Å². The molecule has 4 aromatic heterocycles. The van der Waals surface area contributed by atoms with Gasteiger partial charge in [-0.25, -0.2) is 19.6 Å². The zero-order valence-electron chi connectivity index (χ0n) is 26.7. The predicted molar refractivity (Wildman–Crippen MR) is 203 cm³/mol. The average molecular weight is 642 g/mol. The van der Waals surface area contributed by atoms with Gasteiger partial charge in [0.25, 0.3) is 5.56 Å². The minimum Gasteiger partial charge on any atom is -0.267 e. The lowest BCUT2D eigenvalue weighted by atomic mass is 9.99. The summed E-state index contributed by atoms with van der Waals surface area (Å²) >= 11 is 0. The van der Waals surface area contributed by atoms with Crippen LogP contribution in [0.1, 0.15) is 0 Å². The molecular formula is C44H27N5O. The monoisotopic (exact) mass is 641 g/mol. The number of fused-ring (bicyclic) bond motifs is 7. The highest BCUT2D eigenvalue weighted by molar-refractivity contribution is 6.20. The van der Waals surface area contributed by atoms with Crippen LogP contribution in [0.3, 0.4) is 0 Å². The summed E-state index contributed by atoms with van der Waals surface area (Å²) in [5.74, 6) is 0.536. The van der Waals surface area contributed by atoms with Crippen molar-refractivity contribution < 1.29 is 0 Å². The van der Waals surface area contributed by atoms with E-state index in [0.717, 1.165) is 65.9 Å². The van der Waals surface area contributed by atoms with Gasteiger partial charge < -0.3 is 0 Å². The first kappa shape index (κ1) is 28.1. The van der Waals surface area contributed by atoms with Crippen LogP contribution in [0, 0.1) is 0 Å². The van der Waals surface area contributed by atoms with Crippen LogP contribution in [0.5, 0.6) is 0 Å². The summed E-state index contributed by atoms with van der Waals surface area (Å²) in [5, 5.41) is 5.99. The van der Waals surface area contributed by atoms with Crippen LogP contribution < -0.4 is 5.56 Å². The Morgan fingerprint density at radius 2 is 1.20 bits per heavy atom. The number of aromatic nitrogens is 5. The van der Waals surface area contributed by atoms with Crippen molar-refractivity contribution in [3.8, 4) is 33.8 Å². The lowest BCUT2D eigenvalue weighted by Gasteiger charge is -2.18. The molecule has 0 unspecified atom stereocenters. The predicted octanol–water partition coefficient (Wildman–Crippen LogP) is 9.91. The number of hydrogen-bond donors (Lipinski definition) is 0. The van der Waals surface area contributed by atoms with Crippen LogP contribution in [0.25, 0.3) is 88.3 Å². The lowest BCUT2D eigenvalue weighted by molar-refractivity contribution is 0.681. The molecule has 50 heavy (non-hydrogen) atoms. The van der Waals surface area contributed by atoms with E-state index < -0.39 is 0 Å². The molecule has 0 fully saturated rings. The molecule has 0 aliphatic carbocycles. The standard InChI is InChI=1S/C44H27N5O/c50-44-34-18-6-8-21-37(34)47-43(49(44)48-39-22-9-7-19-35(39)41-32-17-5-4-14-29(32)23-24-40(41)48)31-16-10-15-30(26-31)38-27-36(28-12-2-1-3-13-28)33-20-11-25-45-42(33)46-38/h1-27H. The van der Waals surface area contributed by atoms with E-state index in [9.17, 15) is 4.79 Å². The maximum atomic E-state index is 14.8. The molecule has 6 nitrogen and oxygen atoms in total. The molecular weight excluding hydrogens is 615 g/mol. The summed E-state index contributed by atoms with van der Waals surface area (Å²) < 4.78 is 3.78. The van der Waals surface area contributed by atoms with Crippen LogP contribution in [0.15, 0.2) is 169 Å². The van der Waals surface area contributed by atoms with Gasteiger partial charge in [-0.05, 0) is 70.4 Å². The van der Waals surface area contributed by atoms with Gasteiger partial charge in [-0.1, -0.05) is 109 Å². The maximum Gasteiger partial charge on any atom is 0.281 e. The highest BCUT2D eigenvalue weighted by Crippen LogP contribution is 2.37. The number of nitrogens with zero attached hydrogens (tertiary/aromatic N) is 5. The molecule has 6 aromatic carbocycles. The molecule has 234 valence electrons. The molecule has 0 amide bonds. The van der Waals surface area contributed by atoms with Gasteiger partial charge in [0.2, 0.25) is 0 Å². The van der Waals surface area contributed by atoms with Crippen molar-refractivity contribution in [2.45, 2.75) is 0 Å². The van der Waals surface area contributed by atoms with E-state index in [0.29, 0.717) is 22.4 Å². The van der Waals surface area contributed by atoms with Gasteiger partial charge in [0, 0.05) is 33.5 Å². The highest BCUT2D eigenvalue weighted by Gasteiger charge is 2.21. The molecule has 0 atom stereocenters. The molecule has 0 spiro atoms. The average Bonchev–Trinajstić information content (AvgIpc) is 3.52. The Hall–Kier alpha value is -6.92. The third kappa shape index (κ3) is 4.29. The first-order chi connectivity index (χ1) is 24.7. The van der Waals surface area contributed by atoms with Crippen molar-refractivity contribution in [2.24, 2.45) is 0 Å². The molecule has 0 saturated carbocycles. The van der Waals surface area contributed by atoms with Gasteiger partial charge in [-0.15, -0.1) is 0 Å². The fraction of sp³-hybridized carbons (Fsp3) is 0. The zero-order valence-corrected chi connectivity index (χ0v) is 26.7. The Bertz CT molecular complexity index is 3020. The van der Waals surface area contributed by atoms with E-state index in [1.165, 1.54) is 0 Å². The van der Waals surface area contributed by atoms with E-state index >= 15 is 0 Å². The van der Waals surface area contributed by atoms with Crippen molar-refractivity contribution in [1.82, 2.24) is 24.3 Å². The molecule has 10 aromatic rings. The number of benzene rings is 6. The largest absolute Gasteiger partial charge is 0.281 e. The first-order valence-electron chi connectivity index (χ1n) is 16.6. The Kier molecular flexibility index (Phi) is 6.23. The van der Waals surface area contributed by atoms with E-state index in [-0.39, 0.29) is 5.56 Å². The van der Waals surface area contributed by atoms with Crippen LogP contribution in [-0.2, 0) is 0 Å². The van der Waals surface area contributed by atoms with Crippen LogP contribution in [0.2, 0.25) is 0 Å². The first-order valence-corrected chi connectivity index (χ1v) is 16.6. The Balaban J connectivity index is 1.26. The van der Waals surface area contributed by atoms with E-state index in [4.69, 9.17) is 9.97 Å². The summed E-state index contributed by atoms with van der Waals surface area (Å²) in [6, 6.07) is 53.0. The van der Waals surface area contributed by atoms with Crippen LogP contribution in [0.4, 0.5) is 0 Å². The lowest BCUT2D eigenvalue weighted by Crippen LogP contribution is -2.28. The van der Waals surface area contributed by atoms with Crippen molar-refractivity contribution >= 4 is 54.5 Å². The van der Waals surface area contributed by atoms with Gasteiger partial charge in [0.15, 0.2) is 11.5 Å². The van der Waals surface area contributed by atoms with Crippen LogP contribution >= 0.6 is 0 Å². The van der Waals surface area contributed by atoms with Crippen molar-refractivity contribution in [1.29, 1.82) is 0 Å². The number of rotatable bonds is 4. The number of pyridine rings is 2. The van der Waals surface area contributed by atoms with Crippen molar-refractivity contribution in [2.75, 3.05) is 0 Å². The van der Waals surface area contributed by atoms with Gasteiger partial charge in [0.1, 0.15) is 0 Å². The van der Waals surface area contributed by atoms with Gasteiger partial charge in [-0.2, -0.15) is 4.68 Å². The molecule has 0 bridgehead atoms. The fourth-order valence-electron chi connectivity index (χ4n) is 7.31. The number of hydrogen-bond acceptors (Lipinski definition) is 4. The summed E-state index contributed by atoms with van der Waals surface area (Å²) in [5.41, 5.74) is 7.64. The highest BCUT2D eigenvalue weighted by atomic mass is 16.1. The van der Waals surface area contributed by atoms with Crippen molar-refractivity contribution in [3.05, 3.63) is 174 Å². The molecule has 6 heteroatoms. The SMILES string of the molecule is O=c1c2ccccc2nc(-c2cccc(-c3cc(-c4ccccc4)c4cccnc4n3)c2)n1-n1c2ccccc2c2c3ccccc3ccc21. The minimum atomic E-state index is -0.147. The van der Waals surface area contributed by atoms with E-state index in [2.05, 4.69) is 89.9 Å². The van der Waals surface area contributed by atoms with Gasteiger partial charge >= 0.3 is 0 Å². The molecule has 0 saturated heterocycles. The summed E-state index contributed by atoms with van der Waals surface area (Å²) in [7, 11) is 0. The second kappa shape index (κ2) is 11.1. The fourth-order valence-corrected chi connectivity index (χ4v) is 7.31. The normalized spacial score (nSPS) is 11.7. The van der Waals surface area contributed by atoms with E-state index in [1.807, 2.05) is 77.5 Å². The Morgan fingerprint density at radius 3 is 2.10 bits per heavy atom. The zero-order chi connectivity index (χ0) is 33.2. The maximum absolute atomic E-state index is 14.8. The quantitative estimate of drug-likeness (QED) is 0.192. The third-order valence-corrected chi connectivity index (χ3v) is 9.58. The minimum absolute atomic E-state index is 0.147. The molecule has 0 aliphatic heterocycles. The Labute approximate surface area is 286 Å². The summed E-state index contributed by atoms with van der Waals surface area (Å²) in [6.45, 7) is 0. The van der Waals surface area contributed by atoms with Crippen LogP contribution in [-0.4, -0.2) is 24.3 Å². The second-order valence-electron chi connectivity index (χ2n) is 12.5. The smallest absolute Gasteiger partial charge is 0.267 e. The molecule has 10 rings (SSSR count). The second-order valence-corrected chi connectivity index (χ2v) is 12.5. The van der Waals surface area contributed by atoms with Gasteiger partial charge in [-0.3, -0.25) is 4.79 Å². The third-order valence-electron chi connectivity index (χ3n) is 9.58. The summed E-state index contributed by atoms with van der Waals surface area (Å²) in [4.78, 5) is 29.6. The molecule has 0 radical (unpaired) electrons. The van der Waals surface area contributed by atoms with Crippen molar-refractivity contribution in [3.63, 3.8) is 0 Å². The van der Waals surface area contributed by atoms with E-state index in [1.54, 1.807) is 10.9 Å². The topological polar surface area (TPSA) is 65.6 Å². The Morgan fingerprint density at radius 1 is 0.480 bits per heavy atom. The molecule has 0 aliphatic rings. The molecule has 4 heterocycles.